The Labute approximate surface area is 656 Å². The number of carbonyl (C=O) groups excluding carboxylic acids is 5. The molecule has 110 heavy (non-hydrogen) atoms. The minimum absolute atomic E-state index is 0.0213. The van der Waals surface area contributed by atoms with Crippen LogP contribution in [0.25, 0.3) is 20.9 Å². The second kappa shape index (κ2) is 42.2. The van der Waals surface area contributed by atoms with E-state index in [0.717, 1.165) is 25.5 Å². The van der Waals surface area contributed by atoms with E-state index >= 15 is 0 Å². The molecule has 6 aliphatic rings. The molecule has 4 fully saturated rings. The molecule has 6 unspecified atom stereocenters. The Hall–Kier alpha value is -5.49. The van der Waals surface area contributed by atoms with Crippen molar-refractivity contribution in [3.63, 3.8) is 0 Å². The number of esters is 2. The molecule has 0 aromatic rings. The highest BCUT2D eigenvalue weighted by atomic mass is 31.1. The van der Waals surface area contributed by atoms with Crippen molar-refractivity contribution in [2.24, 2.45) is 51.5 Å². The third kappa shape index (κ3) is 24.5. The van der Waals surface area contributed by atoms with Gasteiger partial charge in [-0.05, 0) is 184 Å². The second-order valence-corrected chi connectivity index (χ2v) is 34.5. The number of ether oxygens (including phenoxy) is 12. The molecule has 6 rings (SSSR count). The highest BCUT2D eigenvalue weighted by Gasteiger charge is 2.59. The number of cyclic esters (lactones) is 4. The Balaban J connectivity index is 0.000000392. The van der Waals surface area contributed by atoms with Gasteiger partial charge < -0.3 is 92.3 Å². The highest BCUT2D eigenvalue weighted by molar-refractivity contribution is 7.25. The summed E-state index contributed by atoms with van der Waals surface area (Å²) in [6.07, 6.45) is 3.31. The van der Waals surface area contributed by atoms with Crippen molar-refractivity contribution in [3.8, 4) is 0 Å². The van der Waals surface area contributed by atoms with Crippen LogP contribution in [-0.2, 0) is 75.8 Å². The maximum atomic E-state index is 13.3. The van der Waals surface area contributed by atoms with E-state index in [1.165, 1.54) is 0 Å². The molecule has 630 valence electrons. The van der Waals surface area contributed by atoms with Crippen molar-refractivity contribution in [3.05, 3.63) is 43.6 Å². The van der Waals surface area contributed by atoms with Crippen LogP contribution in [-0.4, -0.2) is 248 Å². The van der Waals surface area contributed by atoms with Gasteiger partial charge in [-0.1, -0.05) is 72.0 Å². The predicted molar refractivity (Wildman–Crippen MR) is 416 cm³/mol. The number of azide groups is 2. The smallest absolute Gasteiger partial charge is 0.410 e. The predicted octanol–water partition coefficient (Wildman–Crippen LogP) is 13.3. The minimum atomic E-state index is -1.19. The van der Waals surface area contributed by atoms with Crippen LogP contribution in [0.2, 0.25) is 0 Å². The third-order valence-electron chi connectivity index (χ3n) is 23.0. The van der Waals surface area contributed by atoms with Gasteiger partial charge in [0, 0.05) is 120 Å². The SMILES string of the molecule is CC[C@@H](O)[C@@]1(C)OC(=O)N(CCCCN=[N+]=[N-])[C@@H]1[C@@H](C)CC[C@H](C)C[C@@](C)(OC)[C@H](O[C@@H]1OC(C)CC(N(C)C)C1P=O)[C@@H](C)C1=C(C)C(=O)OC(C)(C)O1.CC[C@@H](O)[C@@]1(C)OC(=O)N(CCCCN=[N+]=[N-])[C@@H]1[C@@H](C)N.CO[C@](C)(C[C@@H](C)C=O)[C@H](O[C@@H]1OC(C)CC(N(C)C)C1C)[C@@H](C)C1=C(C)C(=O)OC(C)(C)O1. The lowest BCUT2D eigenvalue weighted by molar-refractivity contribution is -0.284. The lowest BCUT2D eigenvalue weighted by atomic mass is 9.76. The second-order valence-electron chi connectivity index (χ2n) is 33.7. The number of nitrogens with two attached hydrogens (primary N) is 1. The highest BCUT2D eigenvalue weighted by Crippen LogP contribution is 2.47. The molecule has 4 N–H and O–H groups in total. The molecule has 0 spiro atoms. The fourth-order valence-corrected chi connectivity index (χ4v) is 17.8. The first-order valence-corrected chi connectivity index (χ1v) is 40.3. The Bertz CT molecular complexity index is 3190. The number of amides is 2. The number of hydrogen-bond acceptors (Lipinski definition) is 25. The van der Waals surface area contributed by atoms with Gasteiger partial charge in [-0.15, -0.1) is 0 Å². The number of methoxy groups -OCH3 is 2. The Morgan fingerprint density at radius 2 is 1.05 bits per heavy atom. The van der Waals surface area contributed by atoms with Gasteiger partial charge in [0.15, 0.2) is 32.2 Å². The third-order valence-corrected chi connectivity index (χ3v) is 23.9. The van der Waals surface area contributed by atoms with Gasteiger partial charge in [0.05, 0.1) is 71.1 Å². The molecule has 0 aromatic carbocycles. The van der Waals surface area contributed by atoms with Gasteiger partial charge in [-0.2, -0.15) is 0 Å². The summed E-state index contributed by atoms with van der Waals surface area (Å²) in [5.74, 6) is -3.20. The molecule has 24 atom stereocenters. The van der Waals surface area contributed by atoms with E-state index in [2.05, 4.69) is 71.6 Å². The normalized spacial score (nSPS) is 30.6. The van der Waals surface area contributed by atoms with Crippen LogP contribution >= 0.6 is 8.46 Å². The lowest BCUT2D eigenvalue weighted by Crippen LogP contribution is -2.58. The number of aliphatic hydroxyl groups excluding tert-OH is 2. The molecule has 32 heteroatoms. The molecular formula is C78H138N11O20P. The number of rotatable bonds is 39. The van der Waals surface area contributed by atoms with Crippen LogP contribution < -0.4 is 5.73 Å². The average molecular weight is 1580 g/mol. The molecule has 0 radical (unpaired) electrons. The molecule has 6 aliphatic heterocycles. The van der Waals surface area contributed by atoms with Crippen molar-refractivity contribution in [1.82, 2.24) is 19.6 Å². The molecule has 6 heterocycles. The summed E-state index contributed by atoms with van der Waals surface area (Å²) in [5.41, 5.74) is 19.3. The Morgan fingerprint density at radius 3 is 1.45 bits per heavy atom. The zero-order valence-electron chi connectivity index (χ0n) is 71.2. The van der Waals surface area contributed by atoms with Gasteiger partial charge >= 0.3 is 24.1 Å². The van der Waals surface area contributed by atoms with E-state index in [9.17, 15) is 38.8 Å². The fraction of sp³-hybridized carbons (Fsp3) is 0.885. The first-order chi connectivity index (χ1) is 51.2. The van der Waals surface area contributed by atoms with Crippen molar-refractivity contribution in [2.45, 2.75) is 341 Å². The fourth-order valence-electron chi connectivity index (χ4n) is 17.1. The van der Waals surface area contributed by atoms with E-state index in [-0.39, 0.29) is 80.5 Å². The minimum Gasteiger partial charge on any atom is -0.456 e. The van der Waals surface area contributed by atoms with Crippen molar-refractivity contribution < 1.29 is 95.6 Å². The molecule has 0 aromatic heterocycles. The number of nitrogens with zero attached hydrogens (tertiary/aromatic N) is 10. The van der Waals surface area contributed by atoms with Crippen molar-refractivity contribution >= 4 is 38.9 Å². The molecule has 4 saturated heterocycles. The summed E-state index contributed by atoms with van der Waals surface area (Å²) < 4.78 is 86.3. The number of hydrogen-bond donors (Lipinski definition) is 3. The molecule has 0 bridgehead atoms. The molecule has 31 nitrogen and oxygen atoms in total. The molecular weight excluding hydrogens is 1440 g/mol. The van der Waals surface area contributed by atoms with Gasteiger partial charge in [-0.3, -0.25) is 9.46 Å². The maximum absolute atomic E-state index is 13.3. The monoisotopic (exact) mass is 1580 g/mol. The van der Waals surface area contributed by atoms with Gasteiger partial charge in [-0.25, -0.2) is 19.2 Å². The molecule has 2 amide bonds. The van der Waals surface area contributed by atoms with Crippen LogP contribution in [0.1, 0.15) is 222 Å². The maximum Gasteiger partial charge on any atom is 0.410 e. The van der Waals surface area contributed by atoms with E-state index in [1.807, 2.05) is 76.4 Å². The number of unbranched alkanes of at least 4 members (excludes halogenated alkanes) is 2. The molecule has 0 saturated carbocycles. The zero-order chi connectivity index (χ0) is 83.5. The van der Waals surface area contributed by atoms with E-state index in [0.29, 0.717) is 107 Å². The standard InChI is InChI=1S/C39H68N5O10P.C26H45NO7.C13H25N5O3/c1-14-29(45)39(10)32(44(36(47)54-39)20-16-15-19-41-42-40)24(3)18-17-23(2)22-38(9,49-13)33(26(5)30-27(6)34(46)53-37(7,8)52-30)51-35-31(55-48)28(43(11)12)21-25(4)50-35;1-15(14-28)13-26(8,30-11)22(18(4)21-19(5)23(29)34-25(6,7)33-21)32-24-17(3)20(27(9)10)12-16(2)31-24;1-4-10(19)13(3)11(9(2)14)18(12(20)21-13)8-6-5-7-16-17-15/h23-26,28-29,31-33,35,45H,14-22H2,1-13H3;14-18,20,22,24H,12-13H2,1-11H3;9-11,19H,4-8,14H2,1-3H3/t23-,24-,25?,26-,28?,29+,31?,32+,33+,35-,38+,39+;15-,16?,17?,18+,20?,22-,24+,26-;9-,10-,11-,13-/m011/s1. The van der Waals surface area contributed by atoms with Crippen LogP contribution in [0.15, 0.2) is 32.9 Å². The number of aldehydes is 1. The first-order valence-electron chi connectivity index (χ1n) is 39.4. The summed E-state index contributed by atoms with van der Waals surface area (Å²) in [6.45, 7) is 41.0. The Kier molecular flexibility index (Phi) is 37.2. The topological polar surface area (TPSA) is 390 Å². The summed E-state index contributed by atoms with van der Waals surface area (Å²) in [5, 5.41) is 28.4. The van der Waals surface area contributed by atoms with Crippen LogP contribution in [0, 0.1) is 35.5 Å². The molecule has 0 aliphatic carbocycles. The summed E-state index contributed by atoms with van der Waals surface area (Å²) >= 11 is 0. The number of aliphatic hydroxyl groups is 2. The quantitative estimate of drug-likeness (QED) is 0.00752. The van der Waals surface area contributed by atoms with Crippen LogP contribution in [0.4, 0.5) is 9.59 Å². The largest absolute Gasteiger partial charge is 0.456 e. The lowest BCUT2D eigenvalue weighted by Gasteiger charge is -2.48. The van der Waals surface area contributed by atoms with Gasteiger partial charge in [0.25, 0.3) is 0 Å². The summed E-state index contributed by atoms with van der Waals surface area (Å²) in [4.78, 5) is 75.6. The van der Waals surface area contributed by atoms with Crippen molar-refractivity contribution in [2.75, 3.05) is 68.6 Å². The first kappa shape index (κ1) is 96.9. The van der Waals surface area contributed by atoms with E-state index < -0.39 is 107 Å². The van der Waals surface area contributed by atoms with Crippen molar-refractivity contribution in [1.29, 1.82) is 0 Å². The summed E-state index contributed by atoms with van der Waals surface area (Å²) in [6, 6.07) is -0.841. The van der Waals surface area contributed by atoms with Crippen LogP contribution in [0.3, 0.4) is 0 Å². The summed E-state index contributed by atoms with van der Waals surface area (Å²) in [7, 11) is 11.2. The van der Waals surface area contributed by atoms with E-state index in [4.69, 9.17) is 73.6 Å². The average Bonchev–Trinajstić information content (AvgIpc) is 1.56. The number of carbonyl (C=O) groups is 5. The zero-order valence-corrected chi connectivity index (χ0v) is 72.1. The van der Waals surface area contributed by atoms with Crippen LogP contribution in [0.5, 0.6) is 0 Å². The van der Waals surface area contributed by atoms with Gasteiger partial charge in [0.1, 0.15) is 23.5 Å². The van der Waals surface area contributed by atoms with Gasteiger partial charge in [0.2, 0.25) is 11.6 Å². The van der Waals surface area contributed by atoms with E-state index in [1.54, 1.807) is 79.4 Å². The Morgan fingerprint density at radius 1 is 0.645 bits per heavy atom.